The number of benzene rings is 1. The minimum Gasteiger partial charge on any atom is -0.494 e. The van der Waals surface area contributed by atoms with Gasteiger partial charge < -0.3 is 15.2 Å². The molecule has 0 radical (unpaired) electrons. The van der Waals surface area contributed by atoms with Gasteiger partial charge >= 0.3 is 6.18 Å². The van der Waals surface area contributed by atoms with Crippen molar-refractivity contribution in [3.05, 3.63) is 24.3 Å². The first kappa shape index (κ1) is 16.6. The summed E-state index contributed by atoms with van der Waals surface area (Å²) in [5, 5.41) is 0. The molecule has 0 aliphatic heterocycles. The third kappa shape index (κ3) is 5.24. The molecule has 112 valence electrons. The van der Waals surface area contributed by atoms with E-state index >= 15 is 0 Å². The molecule has 1 rings (SSSR count). The monoisotopic (exact) mass is 307 g/mol. The first-order chi connectivity index (χ1) is 9.34. The summed E-state index contributed by atoms with van der Waals surface area (Å²) < 4.78 is 48.3. The number of rotatable bonds is 7. The van der Waals surface area contributed by atoms with Gasteiger partial charge in [0.25, 0.3) is 0 Å². The van der Waals surface area contributed by atoms with Crippen molar-refractivity contribution in [1.29, 1.82) is 0 Å². The maximum absolute atomic E-state index is 12.6. The SMILES string of the molecule is CCCOc1ccc(OCC(C(N)=S)C(F)(F)F)cc1. The number of ether oxygens (including phenoxy) is 2. The summed E-state index contributed by atoms with van der Waals surface area (Å²) in [5.74, 6) is -1.01. The molecule has 20 heavy (non-hydrogen) atoms. The van der Waals surface area contributed by atoms with E-state index in [-0.39, 0.29) is 0 Å². The highest BCUT2D eigenvalue weighted by atomic mass is 32.1. The lowest BCUT2D eigenvalue weighted by Gasteiger charge is -2.19. The van der Waals surface area contributed by atoms with E-state index in [0.717, 1.165) is 6.42 Å². The fourth-order valence-electron chi connectivity index (χ4n) is 1.37. The van der Waals surface area contributed by atoms with Crippen LogP contribution < -0.4 is 15.2 Å². The van der Waals surface area contributed by atoms with E-state index in [0.29, 0.717) is 18.1 Å². The molecule has 0 heterocycles. The van der Waals surface area contributed by atoms with Crippen LogP contribution in [-0.4, -0.2) is 24.4 Å². The Morgan fingerprint density at radius 3 is 2.10 bits per heavy atom. The fourth-order valence-corrected chi connectivity index (χ4v) is 1.57. The first-order valence-electron chi connectivity index (χ1n) is 6.06. The Morgan fingerprint density at radius 1 is 1.20 bits per heavy atom. The van der Waals surface area contributed by atoms with Crippen molar-refractivity contribution in [2.45, 2.75) is 19.5 Å². The topological polar surface area (TPSA) is 44.5 Å². The Bertz CT molecular complexity index is 434. The van der Waals surface area contributed by atoms with Crippen molar-refractivity contribution >= 4 is 17.2 Å². The van der Waals surface area contributed by atoms with Crippen LogP contribution in [0.15, 0.2) is 24.3 Å². The first-order valence-corrected chi connectivity index (χ1v) is 6.47. The zero-order chi connectivity index (χ0) is 15.2. The van der Waals surface area contributed by atoms with Crippen LogP contribution in [0.5, 0.6) is 11.5 Å². The molecule has 0 bridgehead atoms. The summed E-state index contributed by atoms with van der Waals surface area (Å²) in [6.45, 7) is 1.93. The number of nitrogens with two attached hydrogens (primary N) is 1. The Hall–Kier alpha value is -1.50. The Kier molecular flexibility index (Phi) is 6.06. The maximum Gasteiger partial charge on any atom is 0.401 e. The zero-order valence-corrected chi connectivity index (χ0v) is 11.8. The van der Waals surface area contributed by atoms with Gasteiger partial charge in [0, 0.05) is 0 Å². The van der Waals surface area contributed by atoms with Crippen LogP contribution in [0, 0.1) is 5.92 Å². The van der Waals surface area contributed by atoms with Crippen LogP contribution >= 0.6 is 12.2 Å². The van der Waals surface area contributed by atoms with Gasteiger partial charge in [0.15, 0.2) is 0 Å². The highest BCUT2D eigenvalue weighted by Gasteiger charge is 2.42. The van der Waals surface area contributed by atoms with E-state index in [1.54, 1.807) is 12.1 Å². The largest absolute Gasteiger partial charge is 0.494 e. The van der Waals surface area contributed by atoms with Gasteiger partial charge in [-0.25, -0.2) is 0 Å². The van der Waals surface area contributed by atoms with Crippen LogP contribution in [0.25, 0.3) is 0 Å². The van der Waals surface area contributed by atoms with Gasteiger partial charge in [0.1, 0.15) is 24.0 Å². The average Bonchev–Trinajstić information content (AvgIpc) is 2.36. The zero-order valence-electron chi connectivity index (χ0n) is 10.9. The summed E-state index contributed by atoms with van der Waals surface area (Å²) in [5.41, 5.74) is 5.08. The minimum atomic E-state index is -4.50. The second-order valence-electron chi connectivity index (χ2n) is 4.13. The summed E-state index contributed by atoms with van der Waals surface area (Å²) in [6.07, 6.45) is -3.63. The van der Waals surface area contributed by atoms with Crippen LogP contribution in [0.4, 0.5) is 13.2 Å². The maximum atomic E-state index is 12.6. The quantitative estimate of drug-likeness (QED) is 0.785. The Balaban J connectivity index is 2.58. The van der Waals surface area contributed by atoms with Gasteiger partial charge in [-0.3, -0.25) is 0 Å². The fraction of sp³-hybridized carbons (Fsp3) is 0.462. The van der Waals surface area contributed by atoms with E-state index in [1.165, 1.54) is 12.1 Å². The van der Waals surface area contributed by atoms with Gasteiger partial charge in [-0.05, 0) is 30.7 Å². The molecular weight excluding hydrogens is 291 g/mol. The van der Waals surface area contributed by atoms with E-state index in [1.807, 2.05) is 6.92 Å². The molecule has 0 saturated carbocycles. The predicted molar refractivity (Wildman–Crippen MR) is 74.1 cm³/mol. The lowest BCUT2D eigenvalue weighted by atomic mass is 10.1. The molecule has 0 fully saturated rings. The normalized spacial score (nSPS) is 12.8. The van der Waals surface area contributed by atoms with Crippen molar-refractivity contribution in [2.75, 3.05) is 13.2 Å². The predicted octanol–water partition coefficient (Wildman–Crippen LogP) is 3.32. The van der Waals surface area contributed by atoms with Gasteiger partial charge in [0.05, 0.1) is 11.6 Å². The number of alkyl halides is 3. The summed E-state index contributed by atoms with van der Waals surface area (Å²) in [7, 11) is 0. The molecular formula is C13H16F3NO2S. The summed E-state index contributed by atoms with van der Waals surface area (Å²) >= 11 is 4.41. The molecule has 1 atom stereocenters. The van der Waals surface area contributed by atoms with Crippen molar-refractivity contribution in [3.8, 4) is 11.5 Å². The van der Waals surface area contributed by atoms with E-state index < -0.39 is 23.7 Å². The van der Waals surface area contributed by atoms with Crippen molar-refractivity contribution in [3.63, 3.8) is 0 Å². The van der Waals surface area contributed by atoms with Crippen molar-refractivity contribution in [2.24, 2.45) is 11.7 Å². The molecule has 1 aromatic rings. The average molecular weight is 307 g/mol. The third-order valence-electron chi connectivity index (χ3n) is 2.45. The van der Waals surface area contributed by atoms with Gasteiger partial charge in [-0.1, -0.05) is 19.1 Å². The van der Waals surface area contributed by atoms with Gasteiger partial charge in [-0.15, -0.1) is 0 Å². The second kappa shape index (κ2) is 7.33. The molecule has 2 N–H and O–H groups in total. The van der Waals surface area contributed by atoms with Crippen LogP contribution in [0.2, 0.25) is 0 Å². The molecule has 0 aliphatic rings. The molecule has 0 aliphatic carbocycles. The Morgan fingerprint density at radius 2 is 1.70 bits per heavy atom. The summed E-state index contributed by atoms with van der Waals surface area (Å²) in [6, 6.07) is 6.35. The molecule has 3 nitrogen and oxygen atoms in total. The highest BCUT2D eigenvalue weighted by Crippen LogP contribution is 2.27. The molecule has 1 unspecified atom stereocenters. The van der Waals surface area contributed by atoms with E-state index in [4.69, 9.17) is 15.2 Å². The van der Waals surface area contributed by atoms with Crippen molar-refractivity contribution in [1.82, 2.24) is 0 Å². The third-order valence-corrected chi connectivity index (χ3v) is 2.74. The minimum absolute atomic E-state index is 0.305. The second-order valence-corrected chi connectivity index (χ2v) is 4.60. The van der Waals surface area contributed by atoms with Gasteiger partial charge in [-0.2, -0.15) is 13.2 Å². The molecule has 0 amide bonds. The van der Waals surface area contributed by atoms with Gasteiger partial charge in [0.2, 0.25) is 0 Å². The van der Waals surface area contributed by atoms with Crippen LogP contribution in [-0.2, 0) is 0 Å². The van der Waals surface area contributed by atoms with E-state index in [9.17, 15) is 13.2 Å². The lowest BCUT2D eigenvalue weighted by molar-refractivity contribution is -0.161. The van der Waals surface area contributed by atoms with E-state index in [2.05, 4.69) is 12.2 Å². The molecule has 0 saturated heterocycles. The van der Waals surface area contributed by atoms with Crippen LogP contribution in [0.3, 0.4) is 0 Å². The highest BCUT2D eigenvalue weighted by molar-refractivity contribution is 7.80. The standard InChI is InChI=1S/C13H16F3NO2S/c1-2-7-18-9-3-5-10(6-4-9)19-8-11(12(17)20)13(14,15)16/h3-6,11H,2,7-8H2,1H3,(H2,17,20). The Labute approximate surface area is 120 Å². The molecule has 1 aromatic carbocycles. The molecule has 0 aromatic heterocycles. The number of hydrogen-bond acceptors (Lipinski definition) is 3. The lowest BCUT2D eigenvalue weighted by Crippen LogP contribution is -2.38. The van der Waals surface area contributed by atoms with Crippen LogP contribution in [0.1, 0.15) is 13.3 Å². The number of hydrogen-bond donors (Lipinski definition) is 1. The molecule has 0 spiro atoms. The summed E-state index contributed by atoms with van der Waals surface area (Å²) in [4.78, 5) is -0.625. The number of thiocarbonyl (C=S) groups is 1. The molecule has 7 heteroatoms. The van der Waals surface area contributed by atoms with Crippen molar-refractivity contribution < 1.29 is 22.6 Å². The number of halogens is 3. The smallest absolute Gasteiger partial charge is 0.401 e.